The van der Waals surface area contributed by atoms with E-state index in [1.807, 2.05) is 13.8 Å². The summed E-state index contributed by atoms with van der Waals surface area (Å²) in [5, 5.41) is 2.75. The highest BCUT2D eigenvalue weighted by Crippen LogP contribution is 2.25. The minimum atomic E-state index is -4.12. The first-order valence-electron chi connectivity index (χ1n) is 12.5. The van der Waals surface area contributed by atoms with Crippen molar-refractivity contribution in [3.05, 3.63) is 95.3 Å². The lowest BCUT2D eigenvalue weighted by atomic mass is 10.1. The Morgan fingerprint density at radius 2 is 1.42 bits per heavy atom. The van der Waals surface area contributed by atoms with E-state index in [1.54, 1.807) is 62.4 Å². The van der Waals surface area contributed by atoms with E-state index < -0.39 is 34.3 Å². The largest absolute Gasteiger partial charge is 0.355 e. The number of sulfonamides is 1. The first kappa shape index (κ1) is 28.8. The van der Waals surface area contributed by atoms with E-state index in [9.17, 15) is 22.4 Å². The molecule has 3 rings (SSSR count). The number of likely N-dealkylation sites (N-methyl/N-ethyl adjacent to an activating group) is 1. The first-order chi connectivity index (χ1) is 18.1. The number of anilines is 1. The third kappa shape index (κ3) is 6.98. The Hall–Kier alpha value is -3.72. The zero-order valence-electron chi connectivity index (χ0n) is 22.1. The van der Waals surface area contributed by atoms with Crippen molar-refractivity contribution in [3.8, 4) is 0 Å². The fourth-order valence-electron chi connectivity index (χ4n) is 4.08. The molecule has 2 amide bonds. The maximum absolute atomic E-state index is 13.9. The van der Waals surface area contributed by atoms with Crippen LogP contribution in [0.2, 0.25) is 0 Å². The molecule has 0 aliphatic heterocycles. The molecule has 0 heterocycles. The molecular weight excluding hydrogens is 505 g/mol. The van der Waals surface area contributed by atoms with Crippen LogP contribution in [0.4, 0.5) is 10.1 Å². The Bertz CT molecular complexity index is 1340. The summed E-state index contributed by atoms with van der Waals surface area (Å²) in [4.78, 5) is 28.2. The molecule has 0 radical (unpaired) electrons. The highest BCUT2D eigenvalue weighted by atomic mass is 32.2. The van der Waals surface area contributed by atoms with Gasteiger partial charge in [-0.05, 0) is 69.2 Å². The monoisotopic (exact) mass is 539 g/mol. The van der Waals surface area contributed by atoms with Gasteiger partial charge in [0.2, 0.25) is 11.8 Å². The van der Waals surface area contributed by atoms with Crippen molar-refractivity contribution in [2.75, 3.05) is 17.4 Å². The molecule has 202 valence electrons. The van der Waals surface area contributed by atoms with E-state index >= 15 is 0 Å². The van der Waals surface area contributed by atoms with Crippen molar-refractivity contribution < 1.29 is 22.4 Å². The van der Waals surface area contributed by atoms with Crippen molar-refractivity contribution >= 4 is 27.5 Å². The van der Waals surface area contributed by atoms with E-state index in [0.29, 0.717) is 24.2 Å². The number of halogens is 1. The Labute approximate surface area is 224 Å². The van der Waals surface area contributed by atoms with Crippen LogP contribution < -0.4 is 9.62 Å². The number of carbonyl (C=O) groups excluding carboxylic acids is 2. The summed E-state index contributed by atoms with van der Waals surface area (Å²) in [6.07, 6.45) is 0.314. The standard InChI is InChI=1S/C29H34FN3O4S/c1-5-27(29(35)31-6-2)32(19-23-11-13-24(30)14-12-23)28(34)20-33(25-15-7-21(3)8-16-25)38(36,37)26-17-9-22(4)10-18-26/h7-18,27H,5-6,19-20H2,1-4H3,(H,31,35)/t27-/m0/s1. The van der Waals surface area contributed by atoms with Gasteiger partial charge in [-0.2, -0.15) is 0 Å². The molecule has 0 unspecified atom stereocenters. The van der Waals surface area contributed by atoms with E-state index in [-0.39, 0.29) is 17.3 Å². The van der Waals surface area contributed by atoms with Gasteiger partial charge in [0.25, 0.3) is 10.0 Å². The SMILES string of the molecule is CCNC(=O)[C@H](CC)N(Cc1ccc(F)cc1)C(=O)CN(c1ccc(C)cc1)S(=O)(=O)c1ccc(C)cc1. The molecule has 0 aromatic heterocycles. The molecule has 3 aromatic rings. The second-order valence-corrected chi connectivity index (χ2v) is 11.0. The summed E-state index contributed by atoms with van der Waals surface area (Å²) >= 11 is 0. The number of benzene rings is 3. The third-order valence-corrected chi connectivity index (χ3v) is 8.00. The number of rotatable bonds is 11. The van der Waals surface area contributed by atoms with Crippen molar-refractivity contribution in [3.63, 3.8) is 0 Å². The van der Waals surface area contributed by atoms with Crippen LogP contribution in [0.1, 0.15) is 37.0 Å². The number of aryl methyl sites for hydroxylation is 2. The summed E-state index contributed by atoms with van der Waals surface area (Å²) in [5.41, 5.74) is 2.79. The van der Waals surface area contributed by atoms with Crippen LogP contribution in [0.25, 0.3) is 0 Å². The topological polar surface area (TPSA) is 86.8 Å². The summed E-state index contributed by atoms with van der Waals surface area (Å²) in [6.45, 7) is 7.19. The number of nitrogens with one attached hydrogen (secondary N) is 1. The molecule has 0 bridgehead atoms. The van der Waals surface area contributed by atoms with Gasteiger partial charge in [0, 0.05) is 13.1 Å². The predicted molar refractivity (Wildman–Crippen MR) is 147 cm³/mol. The van der Waals surface area contributed by atoms with Gasteiger partial charge < -0.3 is 10.2 Å². The summed E-state index contributed by atoms with van der Waals surface area (Å²) in [7, 11) is -4.12. The minimum absolute atomic E-state index is 0.0150. The van der Waals surface area contributed by atoms with Crippen LogP contribution in [0, 0.1) is 19.7 Å². The lowest BCUT2D eigenvalue weighted by Crippen LogP contribution is -2.52. The lowest BCUT2D eigenvalue weighted by molar-refractivity contribution is -0.140. The van der Waals surface area contributed by atoms with Gasteiger partial charge in [-0.1, -0.05) is 54.4 Å². The summed E-state index contributed by atoms with van der Waals surface area (Å²) in [6, 6.07) is 18.1. The molecule has 9 heteroatoms. The van der Waals surface area contributed by atoms with E-state index in [4.69, 9.17) is 0 Å². The number of amides is 2. The van der Waals surface area contributed by atoms with Gasteiger partial charge in [0.1, 0.15) is 18.4 Å². The van der Waals surface area contributed by atoms with E-state index in [2.05, 4.69) is 5.32 Å². The molecule has 0 saturated heterocycles. The number of carbonyl (C=O) groups is 2. The first-order valence-corrected chi connectivity index (χ1v) is 14.0. The van der Waals surface area contributed by atoms with Gasteiger partial charge in [0.05, 0.1) is 10.6 Å². The Morgan fingerprint density at radius 3 is 1.95 bits per heavy atom. The van der Waals surface area contributed by atoms with Gasteiger partial charge in [-0.25, -0.2) is 12.8 Å². The van der Waals surface area contributed by atoms with Crippen molar-refractivity contribution in [2.45, 2.75) is 51.6 Å². The van der Waals surface area contributed by atoms with Crippen LogP contribution >= 0.6 is 0 Å². The quantitative estimate of drug-likeness (QED) is 0.387. The Kier molecular flexibility index (Phi) is 9.63. The molecular formula is C29H34FN3O4S. The Morgan fingerprint density at radius 1 is 0.868 bits per heavy atom. The molecule has 0 aliphatic carbocycles. The highest BCUT2D eigenvalue weighted by molar-refractivity contribution is 7.92. The van der Waals surface area contributed by atoms with Gasteiger partial charge in [0.15, 0.2) is 0 Å². The Balaban J connectivity index is 2.04. The van der Waals surface area contributed by atoms with Crippen LogP contribution in [0.3, 0.4) is 0 Å². The van der Waals surface area contributed by atoms with Gasteiger partial charge in [-0.15, -0.1) is 0 Å². The van der Waals surface area contributed by atoms with Crippen molar-refractivity contribution in [2.24, 2.45) is 0 Å². The van der Waals surface area contributed by atoms with Crippen LogP contribution in [-0.4, -0.2) is 44.3 Å². The van der Waals surface area contributed by atoms with Crippen molar-refractivity contribution in [1.82, 2.24) is 10.2 Å². The zero-order chi connectivity index (χ0) is 27.9. The number of hydrogen-bond donors (Lipinski definition) is 1. The molecule has 0 saturated carbocycles. The fraction of sp³-hybridized carbons (Fsp3) is 0.310. The summed E-state index contributed by atoms with van der Waals surface area (Å²) < 4.78 is 42.2. The zero-order valence-corrected chi connectivity index (χ0v) is 23.0. The summed E-state index contributed by atoms with van der Waals surface area (Å²) in [5.74, 6) is -1.31. The second-order valence-electron chi connectivity index (χ2n) is 9.13. The van der Waals surface area contributed by atoms with Crippen molar-refractivity contribution in [1.29, 1.82) is 0 Å². The maximum Gasteiger partial charge on any atom is 0.264 e. The predicted octanol–water partition coefficient (Wildman–Crippen LogP) is 4.58. The molecule has 1 atom stereocenters. The average molecular weight is 540 g/mol. The number of nitrogens with zero attached hydrogens (tertiary/aromatic N) is 2. The van der Waals surface area contributed by atoms with Crippen LogP contribution in [0.15, 0.2) is 77.7 Å². The van der Waals surface area contributed by atoms with Gasteiger partial charge in [-0.3, -0.25) is 13.9 Å². The normalized spacial score (nSPS) is 12.0. The molecule has 7 nitrogen and oxygen atoms in total. The lowest BCUT2D eigenvalue weighted by Gasteiger charge is -2.33. The highest BCUT2D eigenvalue weighted by Gasteiger charge is 2.33. The molecule has 38 heavy (non-hydrogen) atoms. The third-order valence-electron chi connectivity index (χ3n) is 6.21. The number of hydrogen-bond acceptors (Lipinski definition) is 4. The maximum atomic E-state index is 13.9. The molecule has 0 spiro atoms. The molecule has 1 N–H and O–H groups in total. The second kappa shape index (κ2) is 12.7. The van der Waals surface area contributed by atoms with Crippen LogP contribution in [-0.2, 0) is 26.2 Å². The molecule has 3 aromatic carbocycles. The minimum Gasteiger partial charge on any atom is -0.355 e. The van der Waals surface area contributed by atoms with E-state index in [1.165, 1.54) is 29.2 Å². The van der Waals surface area contributed by atoms with Gasteiger partial charge >= 0.3 is 0 Å². The molecule has 0 aliphatic rings. The molecule has 0 fully saturated rings. The fourth-order valence-corrected chi connectivity index (χ4v) is 5.49. The smallest absolute Gasteiger partial charge is 0.264 e. The van der Waals surface area contributed by atoms with Crippen LogP contribution in [0.5, 0.6) is 0 Å². The van der Waals surface area contributed by atoms with E-state index in [0.717, 1.165) is 15.4 Å². The average Bonchev–Trinajstić information content (AvgIpc) is 2.89.